The van der Waals surface area contributed by atoms with Crippen molar-refractivity contribution in [1.29, 1.82) is 0 Å². The molecule has 1 aliphatic heterocycles. The van der Waals surface area contributed by atoms with Crippen LogP contribution in [-0.4, -0.2) is 111 Å². The number of ether oxygens (including phenoxy) is 1. The molecule has 4 aliphatic rings. The minimum absolute atomic E-state index is 0.0204. The number of aliphatic hydroxyl groups excluding tert-OH is 2. The van der Waals surface area contributed by atoms with Crippen molar-refractivity contribution >= 4 is 33.4 Å². The van der Waals surface area contributed by atoms with E-state index in [-0.39, 0.29) is 47.9 Å². The van der Waals surface area contributed by atoms with Crippen molar-refractivity contribution in [3.63, 3.8) is 0 Å². The average molecular weight is 829 g/mol. The minimum Gasteiger partial charge on any atom is -0.496 e. The molecule has 3 aliphatic carbocycles. The number of amides is 2. The number of carbonyl (C=O) groups is 2. The first-order valence-electron chi connectivity index (χ1n) is 19.8. The second kappa shape index (κ2) is 17.0. The fourth-order valence-electron chi connectivity index (χ4n) is 9.65. The lowest BCUT2D eigenvalue weighted by Crippen LogP contribution is -2.62. The van der Waals surface area contributed by atoms with Gasteiger partial charge in [-0.1, -0.05) is 59.7 Å². The number of hydroxylamine groups is 2. The Morgan fingerprint density at radius 1 is 1.13 bits per heavy atom. The van der Waals surface area contributed by atoms with Crippen LogP contribution >= 0.6 is 15.9 Å². The number of benzene rings is 2. The first kappa shape index (κ1) is 43.4. The van der Waals surface area contributed by atoms with Crippen LogP contribution in [0, 0.1) is 34.5 Å². The average Bonchev–Trinajstić information content (AvgIpc) is 3.46. The summed E-state index contributed by atoms with van der Waals surface area (Å²) in [5, 5.41) is 29.7. The van der Waals surface area contributed by atoms with E-state index in [1.54, 1.807) is 19.1 Å². The highest BCUT2D eigenvalue weighted by molar-refractivity contribution is 9.10. The monoisotopic (exact) mass is 827 g/mol. The Hall–Kier alpha value is -2.74. The molecule has 2 bridgehead atoms. The van der Waals surface area contributed by atoms with Gasteiger partial charge in [0.15, 0.2) is 0 Å². The molecule has 1 saturated heterocycles. The molecule has 4 fully saturated rings. The lowest BCUT2D eigenvalue weighted by molar-refractivity contribution is -0.183. The van der Waals surface area contributed by atoms with Crippen LogP contribution < -0.4 is 20.3 Å². The molecular weight excluding hydrogens is 762 g/mol. The third-order valence-electron chi connectivity index (χ3n) is 12.6. The zero-order valence-electron chi connectivity index (χ0n) is 35.1. The predicted octanol–water partition coefficient (Wildman–Crippen LogP) is 5.95. The number of fused-ring (bicyclic) bond motifs is 2. The molecule has 9 atom stereocenters. The molecule has 3 saturated carbocycles. The van der Waals surface area contributed by atoms with Crippen LogP contribution in [0.15, 0.2) is 34.8 Å². The number of rotatable bonds is 14. The molecule has 11 nitrogen and oxygen atoms in total. The van der Waals surface area contributed by atoms with Crippen LogP contribution in [0.1, 0.15) is 83.7 Å². The van der Waals surface area contributed by atoms with Gasteiger partial charge >= 0.3 is 0 Å². The number of carbonyl (C=O) groups excluding carboxylic acids is 2. The molecule has 1 unspecified atom stereocenters. The predicted molar refractivity (Wildman–Crippen MR) is 222 cm³/mol. The minimum atomic E-state index is -0.905. The Morgan fingerprint density at radius 3 is 2.36 bits per heavy atom. The molecule has 2 amide bonds. The number of methoxy groups -OCH3 is 1. The Balaban J connectivity index is 1.48. The summed E-state index contributed by atoms with van der Waals surface area (Å²) >= 11 is 3.83. The maximum absolute atomic E-state index is 14.3. The summed E-state index contributed by atoms with van der Waals surface area (Å²) in [4.78, 5) is 38.8. The second-order valence-corrected chi connectivity index (χ2v) is 19.5. The fourth-order valence-corrected chi connectivity index (χ4v) is 10.3. The van der Waals surface area contributed by atoms with Crippen LogP contribution in [0.3, 0.4) is 0 Å². The topological polar surface area (TPSA) is 127 Å². The molecule has 12 heteroatoms. The van der Waals surface area contributed by atoms with Gasteiger partial charge in [0.2, 0.25) is 5.91 Å². The van der Waals surface area contributed by atoms with Gasteiger partial charge in [0.25, 0.3) is 5.91 Å². The number of nitrogens with one attached hydrogen (secondary N) is 2. The first-order valence-corrected chi connectivity index (χ1v) is 20.6. The first-order chi connectivity index (χ1) is 25.7. The van der Waals surface area contributed by atoms with Crippen molar-refractivity contribution < 1.29 is 29.4 Å². The lowest BCUT2D eigenvalue weighted by Gasteiger charge is -2.62. The van der Waals surface area contributed by atoms with Crippen LogP contribution in [0.5, 0.6) is 5.75 Å². The van der Waals surface area contributed by atoms with E-state index in [0.29, 0.717) is 40.1 Å². The number of hydrogen-bond acceptors (Lipinski definition) is 9. The van der Waals surface area contributed by atoms with E-state index in [1.807, 2.05) is 63.4 Å². The summed E-state index contributed by atoms with van der Waals surface area (Å²) in [6.07, 6.45) is 1.27. The summed E-state index contributed by atoms with van der Waals surface area (Å²) in [6.45, 7) is 15.6. The summed E-state index contributed by atoms with van der Waals surface area (Å²) in [5.74, 6) is 0.993. The number of aliphatic hydroxyl groups is 2. The molecule has 0 spiro atoms. The van der Waals surface area contributed by atoms with Gasteiger partial charge in [-0.3, -0.25) is 14.4 Å². The van der Waals surface area contributed by atoms with Gasteiger partial charge < -0.3 is 35.4 Å². The number of nitrogens with zero attached hydrogens (tertiary/aromatic N) is 3. The molecule has 0 radical (unpaired) electrons. The molecule has 4 N–H and O–H groups in total. The molecule has 2 aromatic carbocycles. The lowest BCUT2D eigenvalue weighted by atomic mass is 9.45. The van der Waals surface area contributed by atoms with Gasteiger partial charge in [-0.05, 0) is 96.9 Å². The van der Waals surface area contributed by atoms with Crippen molar-refractivity contribution in [1.82, 2.24) is 20.6 Å². The molecule has 1 heterocycles. The number of halogens is 1. The molecular formula is C43H66BrN5O6. The summed E-state index contributed by atoms with van der Waals surface area (Å²) in [5.41, 5.74) is 3.93. The summed E-state index contributed by atoms with van der Waals surface area (Å²) in [7, 11) is 9.52. The van der Waals surface area contributed by atoms with E-state index in [2.05, 4.69) is 73.0 Å². The van der Waals surface area contributed by atoms with Crippen LogP contribution in [0.4, 0.5) is 5.69 Å². The van der Waals surface area contributed by atoms with Crippen molar-refractivity contribution in [2.45, 2.75) is 105 Å². The largest absolute Gasteiger partial charge is 0.496 e. The Labute approximate surface area is 337 Å². The van der Waals surface area contributed by atoms with Crippen LogP contribution in [-0.2, 0) is 16.2 Å². The van der Waals surface area contributed by atoms with E-state index in [4.69, 9.17) is 9.57 Å². The van der Waals surface area contributed by atoms with Gasteiger partial charge in [0.1, 0.15) is 17.9 Å². The van der Waals surface area contributed by atoms with Crippen molar-refractivity contribution in [3.05, 3.63) is 45.9 Å². The van der Waals surface area contributed by atoms with E-state index in [9.17, 15) is 19.8 Å². The smallest absolute Gasteiger partial charge is 0.252 e. The molecule has 55 heavy (non-hydrogen) atoms. The maximum Gasteiger partial charge on any atom is 0.252 e. The van der Waals surface area contributed by atoms with Gasteiger partial charge in [-0.25, -0.2) is 0 Å². The highest BCUT2D eigenvalue weighted by Gasteiger charge is 2.57. The van der Waals surface area contributed by atoms with E-state index in [0.717, 1.165) is 35.2 Å². The third-order valence-corrected chi connectivity index (χ3v) is 13.4. The summed E-state index contributed by atoms with van der Waals surface area (Å²) in [6, 6.07) is 8.87. The zero-order valence-corrected chi connectivity index (χ0v) is 36.7. The zero-order chi connectivity index (χ0) is 40.7. The highest BCUT2D eigenvalue weighted by atomic mass is 79.9. The SMILES string of the molecule is COc1c(CN2O[C@@H](CO)[C@@H]([C@H](C)O)[C@H]2C(=O)N[C@H]2C[C@H]3C[C@@H]([C@@H]2C)C3(C)C)cccc1-c1cc(N(C)C)cc(C(=O)NC(CN(C)C)CC(C)(C)C)c1Br. The van der Waals surface area contributed by atoms with Gasteiger partial charge in [0, 0.05) is 65.5 Å². The van der Waals surface area contributed by atoms with Gasteiger partial charge in [-0.15, -0.1) is 0 Å². The van der Waals surface area contributed by atoms with E-state index < -0.39 is 24.2 Å². The van der Waals surface area contributed by atoms with Crippen molar-refractivity contribution in [3.8, 4) is 16.9 Å². The Bertz CT molecular complexity index is 1690. The number of para-hydroxylation sites is 1. The molecule has 306 valence electrons. The fraction of sp³-hybridized carbons (Fsp3) is 0.674. The standard InChI is InChI=1S/C43H66BrN5O6/c1-24-33-16-27(43(33,6)7)17-34(24)46-41(53)38-36(25(2)51)35(23-50)55-49(38)21-26-14-13-15-30(39(26)54-12)31-18-29(48(10)11)19-32(37(31)44)40(52)45-28(22-47(8)9)20-42(3,4)5/h13-15,18-19,24-25,27-28,33-36,38,50-51H,16-17,20-23H2,1-12H3,(H,45,52)(H,46,53)/t24-,25-,27+,28?,33-,34-,35-,36+,38-/m0/s1. The van der Waals surface area contributed by atoms with Gasteiger partial charge in [0.05, 0.1) is 31.9 Å². The van der Waals surface area contributed by atoms with E-state index >= 15 is 0 Å². The second-order valence-electron chi connectivity index (χ2n) is 18.7. The number of likely N-dealkylation sites (N-methyl/N-ethyl adjacent to an activating group) is 1. The Kier molecular flexibility index (Phi) is 13.4. The van der Waals surface area contributed by atoms with Crippen LogP contribution in [0.25, 0.3) is 11.1 Å². The van der Waals surface area contributed by atoms with Crippen molar-refractivity contribution in [2.75, 3.05) is 53.4 Å². The third kappa shape index (κ3) is 9.20. The quantitative estimate of drug-likeness (QED) is 0.183. The summed E-state index contributed by atoms with van der Waals surface area (Å²) < 4.78 is 6.77. The van der Waals surface area contributed by atoms with E-state index in [1.165, 1.54) is 6.42 Å². The van der Waals surface area contributed by atoms with Gasteiger partial charge in [-0.2, -0.15) is 5.06 Å². The molecule has 0 aromatic heterocycles. The maximum atomic E-state index is 14.3. The van der Waals surface area contributed by atoms with Crippen molar-refractivity contribution in [2.24, 2.45) is 34.5 Å². The normalized spacial score (nSPS) is 27.3. The number of hydrogen-bond donors (Lipinski definition) is 4. The molecule has 2 aromatic rings. The number of anilines is 1. The van der Waals surface area contributed by atoms with Crippen LogP contribution in [0.2, 0.25) is 0 Å². The Morgan fingerprint density at radius 2 is 1.82 bits per heavy atom. The molecule has 6 rings (SSSR count). The highest BCUT2D eigenvalue weighted by Crippen LogP contribution is 2.61.